The average Bonchev–Trinajstić information content (AvgIpc) is 3.02. The van der Waals surface area contributed by atoms with Crippen molar-refractivity contribution in [2.75, 3.05) is 53.4 Å². The number of likely N-dealkylation sites (N-methyl/N-ethyl adjacent to an activating group) is 1. The fourth-order valence-corrected chi connectivity index (χ4v) is 12.6. The number of carbonyl (C=O) groups is 3. The zero-order valence-corrected chi connectivity index (χ0v) is 30.3. The van der Waals surface area contributed by atoms with E-state index in [1.54, 1.807) is 7.11 Å². The highest BCUT2D eigenvalue weighted by atomic mass is 16.5. The van der Waals surface area contributed by atoms with Crippen LogP contribution in [0, 0.1) is 56.7 Å². The van der Waals surface area contributed by atoms with Crippen molar-refractivity contribution in [2.24, 2.45) is 56.7 Å². The number of carbonyl (C=O) groups excluding carboxylic acids is 3. The first-order valence-electron chi connectivity index (χ1n) is 18.7. The van der Waals surface area contributed by atoms with Crippen molar-refractivity contribution in [1.29, 1.82) is 0 Å². The summed E-state index contributed by atoms with van der Waals surface area (Å²) in [6.07, 6.45) is 12.2. The lowest BCUT2D eigenvalue weighted by Crippen LogP contribution is -2.66. The molecule has 7 nitrogen and oxygen atoms in total. The van der Waals surface area contributed by atoms with Crippen LogP contribution >= 0.6 is 0 Å². The molecule has 0 aromatic carbocycles. The highest BCUT2D eigenvalue weighted by molar-refractivity contribution is 6.04. The predicted octanol–water partition coefficient (Wildman–Crippen LogP) is 6.12. The second-order valence-corrected chi connectivity index (χ2v) is 18.0. The first-order chi connectivity index (χ1) is 21.6. The van der Waals surface area contributed by atoms with Gasteiger partial charge in [-0.2, -0.15) is 0 Å². The molecule has 6 rings (SSSR count). The van der Waals surface area contributed by atoms with Crippen molar-refractivity contribution >= 4 is 17.7 Å². The molecule has 258 valence electrons. The SMILES string of the molecule is COC(=O)C12CCC(C)CC1C1=CCC3C4(C)CC(C(=O)NCCCN5CCN(C)CC5)C(=O)C(C)(C)C4CCC3(C)[C@]1(C)CC2. The second kappa shape index (κ2) is 12.0. The van der Waals surface area contributed by atoms with Crippen molar-refractivity contribution in [3.05, 3.63) is 11.6 Å². The van der Waals surface area contributed by atoms with E-state index in [4.69, 9.17) is 4.74 Å². The lowest BCUT2D eigenvalue weighted by molar-refractivity contribution is -0.195. The number of ether oxygens (including phenoxy) is 1. The summed E-state index contributed by atoms with van der Waals surface area (Å²) in [7, 11) is 3.74. The molecule has 0 aromatic rings. The number of fused-ring (bicyclic) bond motifs is 7. The normalized spacial score (nSPS) is 44.1. The highest BCUT2D eigenvalue weighted by Gasteiger charge is 2.70. The maximum absolute atomic E-state index is 14.1. The zero-order valence-electron chi connectivity index (χ0n) is 30.3. The monoisotopic (exact) mass is 637 g/mol. The van der Waals surface area contributed by atoms with Gasteiger partial charge < -0.3 is 19.9 Å². The van der Waals surface area contributed by atoms with Gasteiger partial charge in [0, 0.05) is 38.1 Å². The molecule has 5 fully saturated rings. The summed E-state index contributed by atoms with van der Waals surface area (Å²) in [5, 5.41) is 3.22. The number of allylic oxidation sites excluding steroid dienone is 2. The average molecular weight is 638 g/mol. The highest BCUT2D eigenvalue weighted by Crippen LogP contribution is 2.75. The topological polar surface area (TPSA) is 79.0 Å². The summed E-state index contributed by atoms with van der Waals surface area (Å²) in [6, 6.07) is 0. The van der Waals surface area contributed by atoms with E-state index < -0.39 is 11.3 Å². The number of rotatable bonds is 6. The Morgan fingerprint density at radius 2 is 1.70 bits per heavy atom. The van der Waals surface area contributed by atoms with E-state index in [2.05, 4.69) is 69.8 Å². The van der Waals surface area contributed by atoms with E-state index in [0.29, 0.717) is 24.8 Å². The molecule has 0 spiro atoms. The van der Waals surface area contributed by atoms with Crippen molar-refractivity contribution < 1.29 is 19.1 Å². The number of piperazine rings is 1. The zero-order chi connectivity index (χ0) is 33.3. The van der Waals surface area contributed by atoms with Gasteiger partial charge in [-0.15, -0.1) is 0 Å². The van der Waals surface area contributed by atoms with Gasteiger partial charge in [-0.25, -0.2) is 0 Å². The minimum Gasteiger partial charge on any atom is -0.469 e. The molecule has 4 saturated carbocycles. The molecule has 1 heterocycles. The molecule has 1 N–H and O–H groups in total. The number of amides is 1. The standard InChI is InChI=1S/C39H63N3O4/c1-26-12-15-39(34(45)46-8)17-16-37(5)28(29(39)24-26)10-11-31-36(4)25-27(32(43)35(2,3)30(36)13-14-38(31,37)6)33(44)40-18-9-19-42-22-20-41(7)21-23-42/h10,26-27,29-31H,9,11-25H2,1-8H3,(H,40,44)/t26?,27?,29?,30?,31?,36?,37-,38?,39?/m1/s1. The Balaban J connectivity index is 1.24. The molecule has 1 saturated heterocycles. The Kier molecular flexibility index (Phi) is 8.91. The number of Topliss-reactive ketones (excluding diaryl/α,β-unsaturated/α-hetero) is 1. The molecule has 7 heteroatoms. The van der Waals surface area contributed by atoms with E-state index in [1.165, 1.54) is 5.57 Å². The fourth-order valence-electron chi connectivity index (χ4n) is 12.6. The van der Waals surface area contributed by atoms with E-state index in [0.717, 1.165) is 90.5 Å². The van der Waals surface area contributed by atoms with Crippen LogP contribution in [0.15, 0.2) is 11.6 Å². The van der Waals surface area contributed by atoms with Gasteiger partial charge in [0.2, 0.25) is 5.91 Å². The van der Waals surface area contributed by atoms with Crippen LogP contribution in [0.2, 0.25) is 0 Å². The molecule has 9 atom stereocenters. The van der Waals surface area contributed by atoms with Crippen molar-refractivity contribution in [1.82, 2.24) is 15.1 Å². The summed E-state index contributed by atoms with van der Waals surface area (Å²) >= 11 is 0. The minimum absolute atomic E-state index is 0.000209. The Bertz CT molecular complexity index is 1250. The maximum Gasteiger partial charge on any atom is 0.312 e. The Labute approximate surface area is 279 Å². The van der Waals surface area contributed by atoms with Gasteiger partial charge in [0.1, 0.15) is 0 Å². The minimum atomic E-state index is -0.585. The van der Waals surface area contributed by atoms with Crippen LogP contribution < -0.4 is 5.32 Å². The number of nitrogens with zero attached hydrogens (tertiary/aromatic N) is 2. The summed E-state index contributed by atoms with van der Waals surface area (Å²) in [4.78, 5) is 46.3. The number of nitrogens with one attached hydrogen (secondary N) is 1. The van der Waals surface area contributed by atoms with Crippen molar-refractivity contribution in [2.45, 2.75) is 106 Å². The Hall–Kier alpha value is -1.73. The summed E-state index contributed by atoms with van der Waals surface area (Å²) in [5.74, 6) is 1.01. The largest absolute Gasteiger partial charge is 0.469 e. The molecule has 0 aromatic heterocycles. The van der Waals surface area contributed by atoms with Crippen molar-refractivity contribution in [3.63, 3.8) is 0 Å². The molecule has 5 aliphatic carbocycles. The van der Waals surface area contributed by atoms with Crippen LogP contribution in [0.3, 0.4) is 0 Å². The number of hydrogen-bond donors (Lipinski definition) is 1. The fraction of sp³-hybridized carbons (Fsp3) is 0.872. The van der Waals surface area contributed by atoms with Crippen LogP contribution in [-0.2, 0) is 19.1 Å². The first kappa shape index (κ1) is 34.1. The second-order valence-electron chi connectivity index (χ2n) is 18.0. The Morgan fingerprint density at radius 1 is 0.978 bits per heavy atom. The third kappa shape index (κ3) is 5.06. The smallest absolute Gasteiger partial charge is 0.312 e. The van der Waals surface area contributed by atoms with Gasteiger partial charge in [-0.1, -0.05) is 53.2 Å². The molecule has 0 radical (unpaired) electrons. The van der Waals surface area contributed by atoms with E-state index in [1.807, 2.05) is 0 Å². The van der Waals surface area contributed by atoms with Gasteiger partial charge in [-0.05, 0) is 118 Å². The number of ketones is 1. The van der Waals surface area contributed by atoms with Crippen LogP contribution in [-0.4, -0.2) is 80.9 Å². The van der Waals surface area contributed by atoms with Crippen LogP contribution in [0.1, 0.15) is 106 Å². The summed E-state index contributed by atoms with van der Waals surface area (Å²) in [5.41, 5.74) is 0.530. The van der Waals surface area contributed by atoms with Gasteiger partial charge in [0.05, 0.1) is 18.4 Å². The first-order valence-corrected chi connectivity index (χ1v) is 18.7. The van der Waals surface area contributed by atoms with Gasteiger partial charge >= 0.3 is 5.97 Å². The number of hydrogen-bond acceptors (Lipinski definition) is 6. The van der Waals surface area contributed by atoms with Gasteiger partial charge in [0.25, 0.3) is 0 Å². The van der Waals surface area contributed by atoms with Crippen molar-refractivity contribution in [3.8, 4) is 0 Å². The van der Waals surface area contributed by atoms with E-state index in [9.17, 15) is 14.4 Å². The molecular weight excluding hydrogens is 574 g/mol. The van der Waals surface area contributed by atoms with Gasteiger partial charge in [0.15, 0.2) is 5.78 Å². The number of methoxy groups -OCH3 is 1. The predicted molar refractivity (Wildman–Crippen MR) is 182 cm³/mol. The van der Waals surface area contributed by atoms with E-state index in [-0.39, 0.29) is 51.2 Å². The number of esters is 1. The molecule has 46 heavy (non-hydrogen) atoms. The summed E-state index contributed by atoms with van der Waals surface area (Å²) in [6.45, 7) is 20.1. The van der Waals surface area contributed by atoms with Gasteiger partial charge in [-0.3, -0.25) is 14.4 Å². The summed E-state index contributed by atoms with van der Waals surface area (Å²) < 4.78 is 5.51. The van der Waals surface area contributed by atoms with Crippen LogP contribution in [0.5, 0.6) is 0 Å². The molecule has 6 aliphatic rings. The third-order valence-corrected chi connectivity index (χ3v) is 15.5. The van der Waals surface area contributed by atoms with Crippen LogP contribution in [0.25, 0.3) is 0 Å². The quantitative estimate of drug-likeness (QED) is 0.164. The van der Waals surface area contributed by atoms with Crippen LogP contribution in [0.4, 0.5) is 0 Å². The molecule has 1 amide bonds. The Morgan fingerprint density at radius 3 is 2.39 bits per heavy atom. The molecular formula is C39H63N3O4. The lowest BCUT2D eigenvalue weighted by atomic mass is 9.33. The maximum atomic E-state index is 14.1. The lowest BCUT2D eigenvalue weighted by Gasteiger charge is -2.70. The van der Waals surface area contributed by atoms with E-state index >= 15 is 0 Å². The molecule has 0 bridgehead atoms. The third-order valence-electron chi connectivity index (χ3n) is 15.5. The molecule has 1 aliphatic heterocycles. The molecule has 8 unspecified atom stereocenters.